The summed E-state index contributed by atoms with van der Waals surface area (Å²) >= 11 is 0. The van der Waals surface area contributed by atoms with Gasteiger partial charge in [0.1, 0.15) is 0 Å². The lowest BCUT2D eigenvalue weighted by Gasteiger charge is -2.35. The fraction of sp³-hybridized carbons (Fsp3) is 0.571. The van der Waals surface area contributed by atoms with Gasteiger partial charge in [-0.1, -0.05) is 57.2 Å². The molecule has 5 heteroatoms. The van der Waals surface area contributed by atoms with Gasteiger partial charge in [0.2, 0.25) is 0 Å². The molecule has 0 bridgehead atoms. The summed E-state index contributed by atoms with van der Waals surface area (Å²) in [5.41, 5.74) is 2.07. The van der Waals surface area contributed by atoms with Crippen LogP contribution in [-0.2, 0) is 25.3 Å². The van der Waals surface area contributed by atoms with E-state index in [1.165, 1.54) is 7.11 Å². The van der Waals surface area contributed by atoms with Crippen LogP contribution in [0.3, 0.4) is 0 Å². The average Bonchev–Trinajstić information content (AvgIpc) is 2.57. The molecule has 1 aromatic rings. The molecule has 0 saturated heterocycles. The van der Waals surface area contributed by atoms with Gasteiger partial charge in [-0.3, -0.25) is 4.79 Å². The summed E-state index contributed by atoms with van der Waals surface area (Å²) in [4.78, 5) is 11.7. The first-order valence-electron chi connectivity index (χ1n) is 9.10. The van der Waals surface area contributed by atoms with Crippen molar-refractivity contribution in [2.45, 2.75) is 65.0 Å². The van der Waals surface area contributed by atoms with Gasteiger partial charge in [0.15, 0.2) is 8.32 Å². The first-order chi connectivity index (χ1) is 12.1. The molecule has 0 saturated carbocycles. The molecule has 0 N–H and O–H groups in total. The Morgan fingerprint density at radius 2 is 1.81 bits per heavy atom. The molecular formula is C21H34O4Si. The van der Waals surface area contributed by atoms with Gasteiger partial charge >= 0.3 is 5.97 Å². The number of ether oxygens (including phenoxy) is 2. The van der Waals surface area contributed by atoms with Crippen molar-refractivity contribution in [3.8, 4) is 0 Å². The SMILES string of the molecule is COC(=O)C[C@H](OCc1ccccc1)/C(C)=C/CO[Si](C)(C)C(C)(C)C. The predicted molar refractivity (Wildman–Crippen MR) is 109 cm³/mol. The third-order valence-corrected chi connectivity index (χ3v) is 9.54. The van der Waals surface area contributed by atoms with Gasteiger partial charge in [-0.2, -0.15) is 0 Å². The molecule has 1 atom stereocenters. The summed E-state index contributed by atoms with van der Waals surface area (Å²) in [6, 6.07) is 9.94. The van der Waals surface area contributed by atoms with Crippen LogP contribution in [0.4, 0.5) is 0 Å². The number of hydrogen-bond donors (Lipinski definition) is 0. The first kappa shape index (κ1) is 22.6. The monoisotopic (exact) mass is 378 g/mol. The van der Waals surface area contributed by atoms with E-state index in [0.29, 0.717) is 13.2 Å². The molecule has 0 aliphatic rings. The van der Waals surface area contributed by atoms with E-state index in [1.807, 2.05) is 43.3 Å². The maximum Gasteiger partial charge on any atom is 0.308 e. The minimum atomic E-state index is -1.79. The van der Waals surface area contributed by atoms with Crippen molar-refractivity contribution in [3.05, 3.63) is 47.5 Å². The number of benzene rings is 1. The van der Waals surface area contributed by atoms with Crippen LogP contribution in [0, 0.1) is 0 Å². The van der Waals surface area contributed by atoms with Crippen molar-refractivity contribution in [2.75, 3.05) is 13.7 Å². The maximum atomic E-state index is 11.7. The first-order valence-corrected chi connectivity index (χ1v) is 12.0. The molecular weight excluding hydrogens is 344 g/mol. The van der Waals surface area contributed by atoms with E-state index in [1.54, 1.807) is 0 Å². The van der Waals surface area contributed by atoms with E-state index in [9.17, 15) is 4.79 Å². The second kappa shape index (κ2) is 10.0. The molecule has 0 radical (unpaired) electrons. The number of carbonyl (C=O) groups is 1. The minimum Gasteiger partial charge on any atom is -0.469 e. The lowest BCUT2D eigenvalue weighted by Crippen LogP contribution is -2.40. The zero-order chi connectivity index (χ0) is 19.8. The Kier molecular flexibility index (Phi) is 8.73. The highest BCUT2D eigenvalue weighted by Gasteiger charge is 2.36. The Morgan fingerprint density at radius 3 is 2.35 bits per heavy atom. The highest BCUT2D eigenvalue weighted by molar-refractivity contribution is 6.74. The van der Waals surface area contributed by atoms with Crippen molar-refractivity contribution >= 4 is 14.3 Å². The largest absolute Gasteiger partial charge is 0.469 e. The number of methoxy groups -OCH3 is 1. The van der Waals surface area contributed by atoms with Crippen molar-refractivity contribution in [2.24, 2.45) is 0 Å². The third-order valence-electron chi connectivity index (χ3n) is 5.04. The molecule has 146 valence electrons. The van der Waals surface area contributed by atoms with E-state index < -0.39 is 8.32 Å². The Labute approximate surface area is 159 Å². The van der Waals surface area contributed by atoms with Crippen LogP contribution in [0.1, 0.15) is 39.7 Å². The summed E-state index contributed by atoms with van der Waals surface area (Å²) in [7, 11) is -0.395. The normalized spacial score (nSPS) is 14.2. The number of hydrogen-bond acceptors (Lipinski definition) is 4. The van der Waals surface area contributed by atoms with Crippen LogP contribution in [0.15, 0.2) is 42.0 Å². The van der Waals surface area contributed by atoms with Crippen LogP contribution >= 0.6 is 0 Å². The molecule has 0 amide bonds. The second-order valence-corrected chi connectivity index (χ2v) is 12.9. The van der Waals surface area contributed by atoms with E-state index in [-0.39, 0.29) is 23.5 Å². The van der Waals surface area contributed by atoms with Crippen molar-refractivity contribution in [1.29, 1.82) is 0 Å². The topological polar surface area (TPSA) is 44.8 Å². The number of rotatable bonds is 9. The van der Waals surface area contributed by atoms with Crippen LogP contribution in [0.2, 0.25) is 18.1 Å². The zero-order valence-electron chi connectivity index (χ0n) is 17.3. The Balaban J connectivity index is 2.73. The van der Waals surface area contributed by atoms with Crippen LogP contribution in [-0.4, -0.2) is 34.1 Å². The van der Waals surface area contributed by atoms with Gasteiger partial charge < -0.3 is 13.9 Å². The van der Waals surface area contributed by atoms with Crippen molar-refractivity contribution in [3.63, 3.8) is 0 Å². The molecule has 0 unspecified atom stereocenters. The van der Waals surface area contributed by atoms with Gasteiger partial charge in [0.25, 0.3) is 0 Å². The van der Waals surface area contributed by atoms with Gasteiger partial charge in [-0.25, -0.2) is 0 Å². The summed E-state index contributed by atoms with van der Waals surface area (Å²) in [6.45, 7) is 14.1. The minimum absolute atomic E-state index is 0.171. The van der Waals surface area contributed by atoms with E-state index in [2.05, 4.69) is 33.9 Å². The van der Waals surface area contributed by atoms with E-state index >= 15 is 0 Å². The highest BCUT2D eigenvalue weighted by atomic mass is 28.4. The molecule has 0 fully saturated rings. The molecule has 0 aliphatic carbocycles. The lowest BCUT2D eigenvalue weighted by atomic mass is 10.1. The molecule has 1 aromatic carbocycles. The highest BCUT2D eigenvalue weighted by Crippen LogP contribution is 2.36. The van der Waals surface area contributed by atoms with Gasteiger partial charge in [0, 0.05) is 0 Å². The smallest absolute Gasteiger partial charge is 0.308 e. The summed E-state index contributed by atoms with van der Waals surface area (Å²) in [5, 5.41) is 0.171. The van der Waals surface area contributed by atoms with E-state index in [4.69, 9.17) is 13.9 Å². The second-order valence-electron chi connectivity index (χ2n) is 8.08. The fourth-order valence-electron chi connectivity index (χ4n) is 2.09. The fourth-order valence-corrected chi connectivity index (χ4v) is 3.02. The molecule has 26 heavy (non-hydrogen) atoms. The molecule has 1 rings (SSSR count). The Morgan fingerprint density at radius 1 is 1.19 bits per heavy atom. The zero-order valence-corrected chi connectivity index (χ0v) is 18.3. The molecule has 0 heterocycles. The van der Waals surface area contributed by atoms with Gasteiger partial charge in [-0.15, -0.1) is 0 Å². The quantitative estimate of drug-likeness (QED) is 0.340. The summed E-state index contributed by atoms with van der Waals surface area (Å²) in [5.74, 6) is -0.277. The van der Waals surface area contributed by atoms with Crippen LogP contribution in [0.5, 0.6) is 0 Å². The summed E-state index contributed by atoms with van der Waals surface area (Å²) in [6.07, 6.45) is 1.91. The Bertz CT molecular complexity index is 588. The number of esters is 1. The average molecular weight is 379 g/mol. The van der Waals surface area contributed by atoms with Crippen LogP contribution < -0.4 is 0 Å². The van der Waals surface area contributed by atoms with Gasteiger partial charge in [-0.05, 0) is 36.2 Å². The molecule has 0 spiro atoms. The molecule has 0 aromatic heterocycles. The summed E-state index contributed by atoms with van der Waals surface area (Å²) < 4.78 is 17.0. The predicted octanol–water partition coefficient (Wildman–Crippen LogP) is 5.10. The number of carbonyl (C=O) groups excluding carboxylic acids is 1. The lowest BCUT2D eigenvalue weighted by molar-refractivity contribution is -0.143. The Hall–Kier alpha value is -1.43. The van der Waals surface area contributed by atoms with Gasteiger partial charge in [0.05, 0.1) is 32.8 Å². The maximum absolute atomic E-state index is 11.7. The van der Waals surface area contributed by atoms with E-state index in [0.717, 1.165) is 11.1 Å². The molecule has 4 nitrogen and oxygen atoms in total. The standard InChI is InChI=1S/C21H34O4Si/c1-17(13-14-25-26(6,7)21(2,3)4)19(15-20(22)23-5)24-16-18-11-9-8-10-12-18/h8-13,19H,14-16H2,1-7H3/b17-13+/t19-/m0/s1. The van der Waals surface area contributed by atoms with Crippen molar-refractivity contribution in [1.82, 2.24) is 0 Å². The third kappa shape index (κ3) is 7.44. The molecule has 0 aliphatic heterocycles. The van der Waals surface area contributed by atoms with Crippen molar-refractivity contribution < 1.29 is 18.7 Å². The van der Waals surface area contributed by atoms with Crippen LogP contribution in [0.25, 0.3) is 0 Å².